The third-order valence-corrected chi connectivity index (χ3v) is 6.14. The average molecular weight is 345 g/mol. The van der Waals surface area contributed by atoms with Crippen LogP contribution in [0, 0.1) is 12.8 Å². The molecule has 22 heavy (non-hydrogen) atoms. The van der Waals surface area contributed by atoms with Gasteiger partial charge in [0, 0.05) is 35.9 Å². The zero-order valence-corrected chi connectivity index (χ0v) is 14.8. The van der Waals surface area contributed by atoms with E-state index in [0.717, 1.165) is 32.5 Å². The van der Waals surface area contributed by atoms with Crippen molar-refractivity contribution in [1.82, 2.24) is 9.62 Å². The van der Waals surface area contributed by atoms with Crippen LogP contribution in [0.4, 0.5) is 0 Å². The summed E-state index contributed by atoms with van der Waals surface area (Å²) in [6.45, 7) is 6.30. The van der Waals surface area contributed by atoms with Crippen LogP contribution >= 0.6 is 11.3 Å². The van der Waals surface area contributed by atoms with E-state index in [0.29, 0.717) is 19.1 Å². The van der Waals surface area contributed by atoms with Crippen molar-refractivity contribution in [2.24, 2.45) is 5.92 Å². The first-order chi connectivity index (χ1) is 10.3. The topological polar surface area (TPSA) is 58.6 Å². The lowest BCUT2D eigenvalue weighted by Crippen LogP contribution is -2.64. The molecule has 3 rings (SSSR count). The molecule has 3 heterocycles. The number of nitrogens with zero attached hydrogens (tertiary/aromatic N) is 1. The minimum Gasteiger partial charge on any atom is -0.372 e. The van der Waals surface area contributed by atoms with Crippen LogP contribution in [-0.4, -0.2) is 51.4 Å². The van der Waals surface area contributed by atoms with Gasteiger partial charge >= 0.3 is 0 Å². The van der Waals surface area contributed by atoms with Crippen molar-refractivity contribution >= 4 is 21.4 Å². The lowest BCUT2D eigenvalue weighted by Gasteiger charge is -2.52. The number of nitrogens with one attached hydrogen (secondary N) is 1. The van der Waals surface area contributed by atoms with Crippen molar-refractivity contribution in [2.45, 2.75) is 31.9 Å². The van der Waals surface area contributed by atoms with Crippen molar-refractivity contribution in [3.63, 3.8) is 0 Å². The van der Waals surface area contributed by atoms with E-state index >= 15 is 0 Å². The van der Waals surface area contributed by atoms with Gasteiger partial charge in [-0.2, -0.15) is 0 Å². The third-order valence-electron chi connectivity index (χ3n) is 4.47. The second-order valence-corrected chi connectivity index (χ2v) is 9.88. The SMILES string of the molecule is Cc1ccc(CN2CC3(CC[C@H](CNS(C)(=O)=O)CO3)C2)s1. The van der Waals surface area contributed by atoms with Crippen molar-refractivity contribution in [3.05, 3.63) is 21.9 Å². The Bertz CT molecular complexity index is 610. The fourth-order valence-electron chi connectivity index (χ4n) is 3.27. The summed E-state index contributed by atoms with van der Waals surface area (Å²) in [4.78, 5) is 5.21. The molecule has 0 amide bonds. The maximum atomic E-state index is 11.1. The molecule has 124 valence electrons. The maximum absolute atomic E-state index is 11.1. The Morgan fingerprint density at radius 2 is 2.23 bits per heavy atom. The van der Waals surface area contributed by atoms with E-state index < -0.39 is 10.0 Å². The van der Waals surface area contributed by atoms with Crippen molar-refractivity contribution in [1.29, 1.82) is 0 Å². The molecule has 2 saturated heterocycles. The smallest absolute Gasteiger partial charge is 0.208 e. The van der Waals surface area contributed by atoms with Gasteiger partial charge in [0.1, 0.15) is 0 Å². The van der Waals surface area contributed by atoms with Gasteiger partial charge in [-0.15, -0.1) is 11.3 Å². The second-order valence-electron chi connectivity index (χ2n) is 6.68. The number of hydrogen-bond donors (Lipinski definition) is 1. The third kappa shape index (κ3) is 4.08. The number of rotatable bonds is 5. The minimum absolute atomic E-state index is 0.0217. The molecule has 2 aliphatic rings. The van der Waals surface area contributed by atoms with Crippen LogP contribution in [0.15, 0.2) is 12.1 Å². The molecule has 0 aliphatic carbocycles. The summed E-state index contributed by atoms with van der Waals surface area (Å²) in [5, 5.41) is 0. The zero-order valence-electron chi connectivity index (χ0n) is 13.2. The summed E-state index contributed by atoms with van der Waals surface area (Å²) in [5.74, 6) is 0.300. The number of hydrogen-bond acceptors (Lipinski definition) is 5. The first-order valence-corrected chi connectivity index (χ1v) is 10.4. The fraction of sp³-hybridized carbons (Fsp3) is 0.733. The molecule has 0 unspecified atom stereocenters. The van der Waals surface area contributed by atoms with Crippen LogP contribution in [0.2, 0.25) is 0 Å². The van der Waals surface area contributed by atoms with E-state index in [9.17, 15) is 8.42 Å². The first-order valence-electron chi connectivity index (χ1n) is 7.70. The Morgan fingerprint density at radius 1 is 1.45 bits per heavy atom. The Kier molecular flexibility index (Phi) is 4.62. The normalized spacial score (nSPS) is 25.3. The molecular weight excluding hydrogens is 320 g/mol. The quantitative estimate of drug-likeness (QED) is 0.881. The van der Waals surface area contributed by atoms with E-state index in [1.165, 1.54) is 16.0 Å². The number of sulfonamides is 1. The van der Waals surface area contributed by atoms with Gasteiger partial charge in [0.2, 0.25) is 10.0 Å². The Labute approximate surface area is 136 Å². The van der Waals surface area contributed by atoms with Gasteiger partial charge in [-0.3, -0.25) is 4.90 Å². The number of thiophene rings is 1. The highest BCUT2D eigenvalue weighted by atomic mass is 32.2. The molecule has 0 radical (unpaired) electrons. The summed E-state index contributed by atoms with van der Waals surface area (Å²) in [6.07, 6.45) is 3.27. The van der Waals surface area contributed by atoms with Gasteiger partial charge in [0.15, 0.2) is 0 Å². The zero-order chi connectivity index (χ0) is 15.8. The number of aryl methyl sites for hydroxylation is 1. The van der Waals surface area contributed by atoms with Crippen LogP contribution in [0.1, 0.15) is 22.6 Å². The highest BCUT2D eigenvalue weighted by Crippen LogP contribution is 2.37. The Hall–Kier alpha value is -0.470. The molecule has 1 N–H and O–H groups in total. The van der Waals surface area contributed by atoms with Gasteiger partial charge in [-0.05, 0) is 37.8 Å². The summed E-state index contributed by atoms with van der Waals surface area (Å²) < 4.78 is 30.9. The minimum atomic E-state index is -3.10. The number of likely N-dealkylation sites (tertiary alicyclic amines) is 1. The number of ether oxygens (including phenoxy) is 1. The van der Waals surface area contributed by atoms with Crippen LogP contribution in [-0.2, 0) is 21.3 Å². The molecule has 1 aromatic rings. The molecule has 0 aromatic carbocycles. The molecule has 1 atom stereocenters. The van der Waals surface area contributed by atoms with Gasteiger partial charge in [-0.25, -0.2) is 13.1 Å². The van der Waals surface area contributed by atoms with Crippen molar-refractivity contribution < 1.29 is 13.2 Å². The van der Waals surface area contributed by atoms with E-state index in [4.69, 9.17) is 4.74 Å². The molecule has 0 bridgehead atoms. The molecule has 1 aromatic heterocycles. The summed E-state index contributed by atoms with van der Waals surface area (Å²) in [5.41, 5.74) is 0.0217. The van der Waals surface area contributed by atoms with Gasteiger partial charge < -0.3 is 4.74 Å². The van der Waals surface area contributed by atoms with Crippen LogP contribution < -0.4 is 4.72 Å². The summed E-state index contributed by atoms with van der Waals surface area (Å²) in [7, 11) is -3.10. The van der Waals surface area contributed by atoms with Gasteiger partial charge in [0.05, 0.1) is 18.5 Å². The molecular formula is C15H24N2O3S2. The Morgan fingerprint density at radius 3 is 2.77 bits per heavy atom. The van der Waals surface area contributed by atoms with Crippen molar-refractivity contribution in [3.8, 4) is 0 Å². The molecule has 5 nitrogen and oxygen atoms in total. The fourth-order valence-corrected chi connectivity index (χ4v) is 4.74. The lowest BCUT2D eigenvalue weighted by atomic mass is 9.83. The Balaban J connectivity index is 1.41. The van der Waals surface area contributed by atoms with Gasteiger partial charge in [0.25, 0.3) is 0 Å². The van der Waals surface area contributed by atoms with E-state index in [1.54, 1.807) is 0 Å². The van der Waals surface area contributed by atoms with Crippen LogP contribution in [0.3, 0.4) is 0 Å². The monoisotopic (exact) mass is 344 g/mol. The maximum Gasteiger partial charge on any atom is 0.208 e. The van der Waals surface area contributed by atoms with E-state index in [-0.39, 0.29) is 5.60 Å². The van der Waals surface area contributed by atoms with Crippen LogP contribution in [0.25, 0.3) is 0 Å². The molecule has 1 spiro atoms. The predicted molar refractivity (Wildman–Crippen MR) is 88.6 cm³/mol. The summed E-state index contributed by atoms with van der Waals surface area (Å²) in [6, 6.07) is 4.38. The van der Waals surface area contributed by atoms with E-state index in [1.807, 2.05) is 11.3 Å². The molecule has 2 fully saturated rings. The average Bonchev–Trinajstić information content (AvgIpc) is 2.81. The summed E-state index contributed by atoms with van der Waals surface area (Å²) >= 11 is 1.86. The first kappa shape index (κ1) is 16.4. The largest absolute Gasteiger partial charge is 0.372 e. The molecule has 7 heteroatoms. The van der Waals surface area contributed by atoms with Gasteiger partial charge in [-0.1, -0.05) is 0 Å². The highest BCUT2D eigenvalue weighted by molar-refractivity contribution is 7.88. The second kappa shape index (κ2) is 6.20. The van der Waals surface area contributed by atoms with E-state index in [2.05, 4.69) is 28.7 Å². The molecule has 0 saturated carbocycles. The van der Waals surface area contributed by atoms with Crippen LogP contribution in [0.5, 0.6) is 0 Å². The van der Waals surface area contributed by atoms with Crippen molar-refractivity contribution in [2.75, 3.05) is 32.5 Å². The standard InChI is InChI=1S/C15H24N2O3S2/c1-12-3-4-14(21-12)8-17-10-15(11-17)6-5-13(9-20-15)7-16-22(2,18)19/h3-4,13,16H,5-11H2,1-2H3/t13-/m1/s1. The predicted octanol–water partition coefficient (Wildman–Crippen LogP) is 1.59. The highest BCUT2D eigenvalue weighted by Gasteiger charge is 2.46. The molecule has 2 aliphatic heterocycles. The lowest BCUT2D eigenvalue weighted by molar-refractivity contribution is -0.180.